The number of pyridine rings is 1. The van der Waals surface area contributed by atoms with Crippen molar-refractivity contribution >= 4 is 17.4 Å². The molecule has 2 rings (SSSR count). The molecule has 0 spiro atoms. The molecule has 0 bridgehead atoms. The fourth-order valence-corrected chi connectivity index (χ4v) is 2.57. The van der Waals surface area contributed by atoms with Crippen molar-refractivity contribution in [1.82, 2.24) is 9.88 Å². The quantitative estimate of drug-likeness (QED) is 0.788. The van der Waals surface area contributed by atoms with Crippen molar-refractivity contribution in [2.24, 2.45) is 0 Å². The number of piperidine rings is 1. The number of likely N-dealkylation sites (N-methyl/N-ethyl adjacent to an activating group) is 1. The van der Waals surface area contributed by atoms with E-state index in [2.05, 4.69) is 24.0 Å². The molecule has 1 aromatic rings. The summed E-state index contributed by atoms with van der Waals surface area (Å²) in [6.07, 6.45) is 3.85. The predicted molar refractivity (Wildman–Crippen MR) is 72.7 cm³/mol. The number of anilines is 1. The highest BCUT2D eigenvalue weighted by Crippen LogP contribution is 2.24. The number of hydrogen-bond donors (Lipinski definition) is 0. The molecule has 0 aliphatic carbocycles. The Kier molecular flexibility index (Phi) is 4.40. The summed E-state index contributed by atoms with van der Waals surface area (Å²) in [5.74, 6) is 0.360. The van der Waals surface area contributed by atoms with Crippen molar-refractivity contribution < 1.29 is 4.39 Å². The monoisotopic (exact) mass is 271 g/mol. The summed E-state index contributed by atoms with van der Waals surface area (Å²) >= 11 is 5.73. The Labute approximate surface area is 113 Å². The van der Waals surface area contributed by atoms with E-state index >= 15 is 0 Å². The van der Waals surface area contributed by atoms with E-state index in [0.29, 0.717) is 17.4 Å². The second-order valence-corrected chi connectivity index (χ2v) is 5.21. The summed E-state index contributed by atoms with van der Waals surface area (Å²) in [4.78, 5) is 8.40. The first-order chi connectivity index (χ1) is 8.63. The highest BCUT2D eigenvalue weighted by Gasteiger charge is 2.24. The van der Waals surface area contributed by atoms with Gasteiger partial charge in [-0.2, -0.15) is 0 Å². The molecule has 1 saturated heterocycles. The van der Waals surface area contributed by atoms with Gasteiger partial charge in [0.15, 0.2) is 11.6 Å². The molecule has 1 aliphatic heterocycles. The van der Waals surface area contributed by atoms with Crippen LogP contribution in [0, 0.1) is 5.82 Å². The van der Waals surface area contributed by atoms with Gasteiger partial charge in [-0.25, -0.2) is 9.37 Å². The van der Waals surface area contributed by atoms with Crippen LogP contribution in [0.3, 0.4) is 0 Å². The van der Waals surface area contributed by atoms with Crippen LogP contribution in [-0.4, -0.2) is 43.1 Å². The molecule has 3 nitrogen and oxygen atoms in total. The van der Waals surface area contributed by atoms with Crippen LogP contribution in [0.1, 0.15) is 18.4 Å². The Bertz CT molecular complexity index is 411. The van der Waals surface area contributed by atoms with Crippen molar-refractivity contribution in [2.75, 3.05) is 32.1 Å². The standard InChI is InChI=1S/C13H19ClFN3/c1-17(2)11-4-3-7-18(9-11)13-12(15)10(8-14)5-6-16-13/h5-6,11H,3-4,7-9H2,1-2H3. The molecule has 1 fully saturated rings. The largest absolute Gasteiger partial charge is 0.353 e. The minimum Gasteiger partial charge on any atom is -0.353 e. The number of hydrogen-bond acceptors (Lipinski definition) is 3. The smallest absolute Gasteiger partial charge is 0.170 e. The van der Waals surface area contributed by atoms with Gasteiger partial charge in [0.2, 0.25) is 0 Å². The maximum absolute atomic E-state index is 14.2. The van der Waals surface area contributed by atoms with Gasteiger partial charge < -0.3 is 9.80 Å². The zero-order valence-corrected chi connectivity index (χ0v) is 11.6. The normalized spacial score (nSPS) is 20.5. The van der Waals surface area contributed by atoms with Crippen molar-refractivity contribution in [1.29, 1.82) is 0 Å². The van der Waals surface area contributed by atoms with Crippen molar-refractivity contribution in [3.05, 3.63) is 23.6 Å². The molecule has 0 radical (unpaired) electrons. The molecule has 0 saturated carbocycles. The second-order valence-electron chi connectivity index (χ2n) is 4.95. The average molecular weight is 272 g/mol. The average Bonchev–Trinajstić information content (AvgIpc) is 2.39. The number of aromatic nitrogens is 1. The Balaban J connectivity index is 2.20. The Morgan fingerprint density at radius 1 is 1.56 bits per heavy atom. The molecule has 2 heterocycles. The SMILES string of the molecule is CN(C)C1CCCN(c2nccc(CCl)c2F)C1. The first-order valence-electron chi connectivity index (χ1n) is 6.24. The van der Waals surface area contributed by atoms with Gasteiger partial charge >= 0.3 is 0 Å². The maximum Gasteiger partial charge on any atom is 0.170 e. The van der Waals surface area contributed by atoms with Crippen LogP contribution in [0.5, 0.6) is 0 Å². The topological polar surface area (TPSA) is 19.4 Å². The van der Waals surface area contributed by atoms with Crippen LogP contribution in [0.4, 0.5) is 10.2 Å². The van der Waals surface area contributed by atoms with Crippen molar-refractivity contribution in [2.45, 2.75) is 24.8 Å². The molecular weight excluding hydrogens is 253 g/mol. The van der Waals surface area contributed by atoms with Gasteiger partial charge in [-0.3, -0.25) is 0 Å². The lowest BCUT2D eigenvalue weighted by Gasteiger charge is -2.37. The Morgan fingerprint density at radius 2 is 2.33 bits per heavy atom. The van der Waals surface area contributed by atoms with E-state index < -0.39 is 0 Å². The van der Waals surface area contributed by atoms with E-state index in [9.17, 15) is 4.39 Å². The molecule has 5 heteroatoms. The van der Waals surface area contributed by atoms with Gasteiger partial charge in [0.1, 0.15) is 0 Å². The third kappa shape index (κ3) is 2.75. The van der Waals surface area contributed by atoms with Gasteiger partial charge in [-0.15, -0.1) is 11.6 Å². The maximum atomic E-state index is 14.2. The highest BCUT2D eigenvalue weighted by atomic mass is 35.5. The third-order valence-electron chi connectivity index (χ3n) is 3.52. The molecular formula is C13H19ClFN3. The van der Waals surface area contributed by atoms with E-state index in [4.69, 9.17) is 11.6 Å². The zero-order valence-electron chi connectivity index (χ0n) is 10.9. The van der Waals surface area contributed by atoms with Crippen LogP contribution in [-0.2, 0) is 5.88 Å². The first-order valence-corrected chi connectivity index (χ1v) is 6.77. The Hall–Kier alpha value is -0.870. The number of rotatable bonds is 3. The third-order valence-corrected chi connectivity index (χ3v) is 3.81. The fraction of sp³-hybridized carbons (Fsp3) is 0.615. The fourth-order valence-electron chi connectivity index (χ4n) is 2.36. The van der Waals surface area contributed by atoms with E-state index in [1.54, 1.807) is 12.3 Å². The molecule has 1 aliphatic rings. The first kappa shape index (κ1) is 13.6. The lowest BCUT2D eigenvalue weighted by molar-refractivity contribution is 0.257. The van der Waals surface area contributed by atoms with Gasteiger partial charge in [-0.05, 0) is 33.0 Å². The number of halogens is 2. The highest BCUT2D eigenvalue weighted by molar-refractivity contribution is 6.17. The molecule has 0 aromatic carbocycles. The van der Waals surface area contributed by atoms with Crippen LogP contribution in [0.15, 0.2) is 12.3 Å². The lowest BCUT2D eigenvalue weighted by atomic mass is 10.0. The summed E-state index contributed by atoms with van der Waals surface area (Å²) in [5, 5.41) is 0. The van der Waals surface area contributed by atoms with Crippen LogP contribution in [0.25, 0.3) is 0 Å². The minimum absolute atomic E-state index is 0.187. The molecule has 18 heavy (non-hydrogen) atoms. The molecule has 0 amide bonds. The summed E-state index contributed by atoms with van der Waals surface area (Å²) in [7, 11) is 4.13. The minimum atomic E-state index is -0.271. The molecule has 0 N–H and O–H groups in total. The van der Waals surface area contributed by atoms with Crippen molar-refractivity contribution in [3.63, 3.8) is 0 Å². The number of alkyl halides is 1. The lowest BCUT2D eigenvalue weighted by Crippen LogP contribution is -2.45. The Morgan fingerprint density at radius 3 is 3.00 bits per heavy atom. The van der Waals surface area contributed by atoms with Crippen LogP contribution < -0.4 is 4.90 Å². The van der Waals surface area contributed by atoms with E-state index in [0.717, 1.165) is 25.9 Å². The van der Waals surface area contributed by atoms with E-state index in [-0.39, 0.29) is 11.7 Å². The van der Waals surface area contributed by atoms with Crippen LogP contribution in [0.2, 0.25) is 0 Å². The number of nitrogens with zero attached hydrogens (tertiary/aromatic N) is 3. The predicted octanol–water partition coefficient (Wildman–Crippen LogP) is 2.49. The van der Waals surface area contributed by atoms with Gasteiger partial charge in [-0.1, -0.05) is 0 Å². The molecule has 1 unspecified atom stereocenters. The molecule has 1 aromatic heterocycles. The van der Waals surface area contributed by atoms with Gasteiger partial charge in [0.05, 0.1) is 5.88 Å². The van der Waals surface area contributed by atoms with Crippen LogP contribution >= 0.6 is 11.6 Å². The van der Waals surface area contributed by atoms with Gasteiger partial charge in [0, 0.05) is 30.9 Å². The molecule has 1 atom stereocenters. The van der Waals surface area contributed by atoms with E-state index in [1.807, 2.05) is 4.90 Å². The zero-order chi connectivity index (χ0) is 13.1. The summed E-state index contributed by atoms with van der Waals surface area (Å²) < 4.78 is 14.2. The second kappa shape index (κ2) is 5.85. The van der Waals surface area contributed by atoms with E-state index in [1.165, 1.54) is 0 Å². The summed E-state index contributed by atoms with van der Waals surface area (Å²) in [6, 6.07) is 2.10. The van der Waals surface area contributed by atoms with Crippen molar-refractivity contribution in [3.8, 4) is 0 Å². The van der Waals surface area contributed by atoms with Gasteiger partial charge in [0.25, 0.3) is 0 Å². The molecule has 100 valence electrons. The summed E-state index contributed by atoms with van der Waals surface area (Å²) in [5.41, 5.74) is 0.522. The summed E-state index contributed by atoms with van der Waals surface area (Å²) in [6.45, 7) is 1.68.